The lowest BCUT2D eigenvalue weighted by Gasteiger charge is -2.03. The van der Waals surface area contributed by atoms with Gasteiger partial charge in [-0.1, -0.05) is 0 Å². The van der Waals surface area contributed by atoms with Crippen molar-refractivity contribution in [3.8, 4) is 0 Å². The van der Waals surface area contributed by atoms with Gasteiger partial charge in [0.1, 0.15) is 0 Å². The maximum Gasteiger partial charge on any atom is 0.328 e. The van der Waals surface area contributed by atoms with Crippen molar-refractivity contribution in [3.63, 3.8) is 0 Å². The predicted octanol–water partition coefficient (Wildman–Crippen LogP) is 0.381. The number of carbonyl (C=O) groups excluding carboxylic acids is 1. The van der Waals surface area contributed by atoms with Crippen LogP contribution in [0.25, 0.3) is 0 Å². The smallest absolute Gasteiger partial charge is 0.328 e. The molecule has 0 saturated heterocycles. The molecule has 0 aliphatic rings. The monoisotopic (exact) mass is 234 g/mol. The van der Waals surface area contributed by atoms with E-state index in [-0.39, 0.29) is 17.9 Å². The number of hydrogen-bond donors (Lipinski definition) is 1. The summed E-state index contributed by atoms with van der Waals surface area (Å²) in [6.45, 7) is 1.35. The van der Waals surface area contributed by atoms with Crippen molar-refractivity contribution >= 4 is 5.78 Å². The average molecular weight is 234 g/mol. The van der Waals surface area contributed by atoms with E-state index < -0.39 is 11.2 Å². The Morgan fingerprint density at radius 3 is 2.82 bits per heavy atom. The van der Waals surface area contributed by atoms with Gasteiger partial charge < -0.3 is 9.40 Å². The van der Waals surface area contributed by atoms with Gasteiger partial charge in [0, 0.05) is 11.8 Å². The summed E-state index contributed by atoms with van der Waals surface area (Å²) in [7, 11) is 0. The fourth-order valence-electron chi connectivity index (χ4n) is 1.47. The van der Waals surface area contributed by atoms with Crippen molar-refractivity contribution in [2.24, 2.45) is 0 Å². The predicted molar refractivity (Wildman–Crippen MR) is 59.1 cm³/mol. The standard InChI is InChI=1S/C11H10N2O4/c1-7(14)9-4-12-11(16)13(10(9)15)5-8-2-3-17-6-8/h2-4,6H,5H2,1H3,(H,12,16). The van der Waals surface area contributed by atoms with Gasteiger partial charge in [0.2, 0.25) is 0 Å². The molecule has 0 aromatic carbocycles. The number of hydrogen-bond acceptors (Lipinski definition) is 4. The second-order valence-corrected chi connectivity index (χ2v) is 3.59. The van der Waals surface area contributed by atoms with Gasteiger partial charge >= 0.3 is 5.69 Å². The summed E-state index contributed by atoms with van der Waals surface area (Å²) < 4.78 is 5.81. The average Bonchev–Trinajstić information content (AvgIpc) is 2.76. The summed E-state index contributed by atoms with van der Waals surface area (Å²) in [6.07, 6.45) is 4.02. The maximum atomic E-state index is 11.8. The van der Waals surface area contributed by atoms with Crippen LogP contribution in [-0.2, 0) is 6.54 Å². The van der Waals surface area contributed by atoms with Gasteiger partial charge in [-0.05, 0) is 13.0 Å². The molecule has 2 aromatic heterocycles. The van der Waals surface area contributed by atoms with E-state index in [4.69, 9.17) is 4.42 Å². The molecule has 2 rings (SSSR count). The number of nitrogens with zero attached hydrogens (tertiary/aromatic N) is 1. The van der Waals surface area contributed by atoms with Crippen molar-refractivity contribution in [3.05, 3.63) is 56.8 Å². The van der Waals surface area contributed by atoms with Crippen LogP contribution >= 0.6 is 0 Å². The highest BCUT2D eigenvalue weighted by molar-refractivity contribution is 5.93. The van der Waals surface area contributed by atoms with Crippen molar-refractivity contribution in [1.82, 2.24) is 9.55 Å². The summed E-state index contributed by atoms with van der Waals surface area (Å²) in [6, 6.07) is 1.65. The van der Waals surface area contributed by atoms with Crippen LogP contribution in [0.2, 0.25) is 0 Å². The Balaban J connectivity index is 2.53. The minimum atomic E-state index is -0.595. The normalized spacial score (nSPS) is 10.4. The third-order valence-electron chi connectivity index (χ3n) is 2.36. The van der Waals surface area contributed by atoms with Crippen LogP contribution in [0.5, 0.6) is 0 Å². The number of rotatable bonds is 3. The molecule has 0 amide bonds. The van der Waals surface area contributed by atoms with E-state index in [2.05, 4.69) is 4.98 Å². The van der Waals surface area contributed by atoms with E-state index >= 15 is 0 Å². The Hall–Kier alpha value is -2.37. The molecule has 0 fully saturated rings. The molecule has 0 atom stereocenters. The van der Waals surface area contributed by atoms with Gasteiger partial charge in [0.15, 0.2) is 5.78 Å². The first-order valence-corrected chi connectivity index (χ1v) is 4.94. The van der Waals surface area contributed by atoms with Crippen molar-refractivity contribution < 1.29 is 9.21 Å². The Morgan fingerprint density at radius 1 is 1.47 bits per heavy atom. The van der Waals surface area contributed by atoms with Gasteiger partial charge in [-0.3, -0.25) is 14.2 Å². The molecule has 0 radical (unpaired) electrons. The SMILES string of the molecule is CC(=O)c1c[nH]c(=O)n(Cc2ccoc2)c1=O. The number of nitrogens with one attached hydrogen (secondary N) is 1. The molecule has 0 saturated carbocycles. The second-order valence-electron chi connectivity index (χ2n) is 3.59. The third-order valence-corrected chi connectivity index (χ3v) is 2.36. The summed E-state index contributed by atoms with van der Waals surface area (Å²) in [5.74, 6) is -0.382. The van der Waals surface area contributed by atoms with Gasteiger partial charge in [-0.2, -0.15) is 0 Å². The second kappa shape index (κ2) is 4.25. The minimum absolute atomic E-state index is 0.0342. The van der Waals surface area contributed by atoms with E-state index in [0.717, 1.165) is 10.8 Å². The molecule has 0 spiro atoms. The zero-order chi connectivity index (χ0) is 12.4. The highest BCUT2D eigenvalue weighted by atomic mass is 16.3. The zero-order valence-corrected chi connectivity index (χ0v) is 9.10. The Labute approximate surface area is 95.5 Å². The molecule has 2 heterocycles. The number of carbonyl (C=O) groups is 1. The number of aromatic amines is 1. The van der Waals surface area contributed by atoms with E-state index in [9.17, 15) is 14.4 Å². The summed E-state index contributed by atoms with van der Waals surface area (Å²) in [5.41, 5.74) is -0.505. The molecule has 0 unspecified atom stereocenters. The molecule has 2 aromatic rings. The summed E-state index contributed by atoms with van der Waals surface area (Å²) >= 11 is 0. The molecule has 6 nitrogen and oxygen atoms in total. The number of furan rings is 1. The first-order valence-electron chi connectivity index (χ1n) is 4.94. The minimum Gasteiger partial charge on any atom is -0.472 e. The maximum absolute atomic E-state index is 11.8. The largest absolute Gasteiger partial charge is 0.472 e. The van der Waals surface area contributed by atoms with Gasteiger partial charge in [-0.15, -0.1) is 0 Å². The lowest BCUT2D eigenvalue weighted by Crippen LogP contribution is -2.37. The third kappa shape index (κ3) is 2.10. The molecule has 0 aliphatic carbocycles. The van der Waals surface area contributed by atoms with Crippen LogP contribution in [-0.4, -0.2) is 15.3 Å². The van der Waals surface area contributed by atoms with E-state index in [0.29, 0.717) is 5.56 Å². The lowest BCUT2D eigenvalue weighted by molar-refractivity contribution is 0.101. The highest BCUT2D eigenvalue weighted by Crippen LogP contribution is 2.00. The van der Waals surface area contributed by atoms with Crippen LogP contribution in [0.15, 0.2) is 38.8 Å². The number of ketones is 1. The quantitative estimate of drug-likeness (QED) is 0.778. The van der Waals surface area contributed by atoms with Gasteiger partial charge in [-0.25, -0.2) is 4.79 Å². The first kappa shape index (κ1) is 11.1. The van der Waals surface area contributed by atoms with Gasteiger partial charge in [0.25, 0.3) is 5.56 Å². The Kier molecular flexibility index (Phi) is 2.78. The van der Waals surface area contributed by atoms with Gasteiger partial charge in [0.05, 0.1) is 24.6 Å². The lowest BCUT2D eigenvalue weighted by atomic mass is 10.2. The van der Waals surface area contributed by atoms with Crippen LogP contribution in [0.1, 0.15) is 22.8 Å². The number of H-pyrrole nitrogens is 1. The molecule has 88 valence electrons. The molecule has 6 heteroatoms. The molecular weight excluding hydrogens is 224 g/mol. The van der Waals surface area contributed by atoms with E-state index in [1.54, 1.807) is 6.07 Å². The van der Waals surface area contributed by atoms with Crippen molar-refractivity contribution in [2.75, 3.05) is 0 Å². The molecule has 17 heavy (non-hydrogen) atoms. The van der Waals surface area contributed by atoms with E-state index in [1.165, 1.54) is 19.5 Å². The molecule has 0 aliphatic heterocycles. The Bertz CT molecular complexity index is 649. The first-order chi connectivity index (χ1) is 8.09. The van der Waals surface area contributed by atoms with Crippen LogP contribution in [0.3, 0.4) is 0 Å². The molecule has 1 N–H and O–H groups in total. The van der Waals surface area contributed by atoms with Crippen molar-refractivity contribution in [1.29, 1.82) is 0 Å². The summed E-state index contributed by atoms with van der Waals surface area (Å²) in [4.78, 5) is 36.9. The zero-order valence-electron chi connectivity index (χ0n) is 9.10. The topological polar surface area (TPSA) is 85.1 Å². The summed E-state index contributed by atoms with van der Waals surface area (Å²) in [5, 5.41) is 0. The molecular formula is C11H10N2O4. The Morgan fingerprint density at radius 2 is 2.24 bits per heavy atom. The number of aromatic nitrogens is 2. The van der Waals surface area contributed by atoms with Crippen LogP contribution in [0, 0.1) is 0 Å². The number of Topliss-reactive ketones (excluding diaryl/α,β-unsaturated/α-hetero) is 1. The van der Waals surface area contributed by atoms with E-state index in [1.807, 2.05) is 0 Å². The fraction of sp³-hybridized carbons (Fsp3) is 0.182. The fourth-order valence-corrected chi connectivity index (χ4v) is 1.47. The van der Waals surface area contributed by atoms with Crippen LogP contribution < -0.4 is 11.2 Å². The van der Waals surface area contributed by atoms with Crippen LogP contribution in [0.4, 0.5) is 0 Å². The highest BCUT2D eigenvalue weighted by Gasteiger charge is 2.11. The molecule has 0 bridgehead atoms. The van der Waals surface area contributed by atoms with Crippen molar-refractivity contribution in [2.45, 2.75) is 13.5 Å².